The molecule has 1 aromatic rings. The Kier molecular flexibility index (Phi) is 4.80. The second kappa shape index (κ2) is 6.79. The maximum absolute atomic E-state index is 6.33. The Bertz CT molecular complexity index is 458. The molecular weight excluding hydrogens is 288 g/mol. The third-order valence-corrected chi connectivity index (χ3v) is 4.61. The molecule has 1 aromatic heterocycles. The fourth-order valence-electron chi connectivity index (χ4n) is 3.40. The van der Waals surface area contributed by atoms with Gasteiger partial charge >= 0.3 is 0 Å². The van der Waals surface area contributed by atoms with Gasteiger partial charge in [0, 0.05) is 6.07 Å². The van der Waals surface area contributed by atoms with Crippen molar-refractivity contribution in [2.45, 2.75) is 69.6 Å². The van der Waals surface area contributed by atoms with Crippen LogP contribution in [0.2, 0.25) is 5.15 Å². The lowest BCUT2D eigenvalue weighted by Crippen LogP contribution is -2.40. The van der Waals surface area contributed by atoms with E-state index in [0.717, 1.165) is 12.8 Å². The first-order valence-electron chi connectivity index (χ1n) is 7.93. The molecule has 5 nitrogen and oxygen atoms in total. The average molecular weight is 311 g/mol. The molecule has 3 rings (SSSR count). The maximum Gasteiger partial charge on any atom is 0.223 e. The van der Waals surface area contributed by atoms with Crippen molar-refractivity contribution in [1.82, 2.24) is 9.97 Å². The normalized spacial score (nSPS) is 26.9. The highest BCUT2D eigenvalue weighted by atomic mass is 35.5. The lowest BCUT2D eigenvalue weighted by Gasteiger charge is -2.34. The number of halogens is 1. The number of hydrogen-bond acceptors (Lipinski definition) is 5. The molecule has 3 N–H and O–H groups in total. The number of hydrogen-bond donors (Lipinski definition) is 2. The van der Waals surface area contributed by atoms with Crippen LogP contribution in [0.15, 0.2) is 6.07 Å². The molecule has 0 spiro atoms. The quantitative estimate of drug-likeness (QED) is 0.834. The number of nitrogens with one attached hydrogen (secondary N) is 1. The highest BCUT2D eigenvalue weighted by Gasteiger charge is 2.29. The molecule has 0 saturated heterocycles. The van der Waals surface area contributed by atoms with Gasteiger partial charge in [-0.15, -0.1) is 0 Å². The first-order chi connectivity index (χ1) is 10.2. The number of nitrogens with zero attached hydrogens (tertiary/aromatic N) is 2. The summed E-state index contributed by atoms with van der Waals surface area (Å²) in [4.78, 5) is 8.10. The highest BCUT2D eigenvalue weighted by molar-refractivity contribution is 6.29. The number of nitrogen functional groups attached to an aromatic ring is 1. The van der Waals surface area contributed by atoms with Crippen molar-refractivity contribution in [2.24, 2.45) is 0 Å². The summed E-state index contributed by atoms with van der Waals surface area (Å²) in [6.07, 6.45) is 10.4. The third-order valence-electron chi connectivity index (χ3n) is 4.42. The molecule has 0 unspecified atom stereocenters. The van der Waals surface area contributed by atoms with Gasteiger partial charge in [-0.05, 0) is 25.7 Å². The number of rotatable bonds is 4. The second-order valence-corrected chi connectivity index (χ2v) is 6.44. The van der Waals surface area contributed by atoms with E-state index in [2.05, 4.69) is 15.3 Å². The number of anilines is 2. The molecular formula is C15H23ClN4O. The van der Waals surface area contributed by atoms with Gasteiger partial charge in [-0.3, -0.25) is 0 Å². The smallest absolute Gasteiger partial charge is 0.223 e. The minimum Gasteiger partial charge on any atom is -0.373 e. The zero-order chi connectivity index (χ0) is 14.7. The number of nitrogens with two attached hydrogens (primary N) is 1. The molecule has 1 heterocycles. The van der Waals surface area contributed by atoms with E-state index in [-0.39, 0.29) is 18.1 Å². The van der Waals surface area contributed by atoms with Crippen molar-refractivity contribution in [3.63, 3.8) is 0 Å². The second-order valence-electron chi connectivity index (χ2n) is 6.05. The Labute approximate surface area is 130 Å². The molecule has 2 aliphatic carbocycles. The average Bonchev–Trinajstić information content (AvgIpc) is 2.93. The van der Waals surface area contributed by atoms with Crippen LogP contribution in [-0.2, 0) is 4.74 Å². The van der Waals surface area contributed by atoms with Gasteiger partial charge in [0.15, 0.2) is 0 Å². The van der Waals surface area contributed by atoms with Crippen LogP contribution >= 0.6 is 11.6 Å². The van der Waals surface area contributed by atoms with E-state index in [1.807, 2.05) is 0 Å². The Morgan fingerprint density at radius 3 is 2.57 bits per heavy atom. The molecule has 6 heteroatoms. The summed E-state index contributed by atoms with van der Waals surface area (Å²) < 4.78 is 6.33. The van der Waals surface area contributed by atoms with E-state index >= 15 is 0 Å². The summed E-state index contributed by atoms with van der Waals surface area (Å²) in [5.74, 6) is 0.897. The van der Waals surface area contributed by atoms with Gasteiger partial charge in [-0.1, -0.05) is 37.3 Å². The van der Waals surface area contributed by atoms with Gasteiger partial charge in [-0.2, -0.15) is 4.98 Å². The summed E-state index contributed by atoms with van der Waals surface area (Å²) in [6, 6.07) is 2.00. The van der Waals surface area contributed by atoms with Crippen LogP contribution in [0.25, 0.3) is 0 Å². The van der Waals surface area contributed by atoms with Crippen LogP contribution < -0.4 is 11.1 Å². The summed E-state index contributed by atoms with van der Waals surface area (Å²) in [7, 11) is 0. The minimum absolute atomic E-state index is 0.203. The Morgan fingerprint density at radius 2 is 1.81 bits per heavy atom. The molecule has 21 heavy (non-hydrogen) atoms. The van der Waals surface area contributed by atoms with Gasteiger partial charge in [0.2, 0.25) is 5.95 Å². The van der Waals surface area contributed by atoms with Crippen molar-refractivity contribution < 1.29 is 4.74 Å². The monoisotopic (exact) mass is 310 g/mol. The van der Waals surface area contributed by atoms with Gasteiger partial charge in [-0.25, -0.2) is 4.98 Å². The van der Waals surface area contributed by atoms with Gasteiger partial charge in [0.05, 0.1) is 18.2 Å². The maximum atomic E-state index is 6.33. The standard InChI is InChI=1S/C15H23ClN4O/c16-13-9-14(20-15(17)19-13)18-11-7-3-4-8-12(11)21-10-5-1-2-6-10/h9-12H,1-8H2,(H3,17,18,19,20)/t11-,12+/m0/s1. The Hall–Kier alpha value is -1.07. The van der Waals surface area contributed by atoms with Crippen LogP contribution in [0.1, 0.15) is 51.4 Å². The van der Waals surface area contributed by atoms with Crippen molar-refractivity contribution in [3.05, 3.63) is 11.2 Å². The highest BCUT2D eigenvalue weighted by Crippen LogP contribution is 2.29. The molecule has 2 atom stereocenters. The van der Waals surface area contributed by atoms with Gasteiger partial charge < -0.3 is 15.8 Å². The van der Waals surface area contributed by atoms with Crippen molar-refractivity contribution in [2.75, 3.05) is 11.1 Å². The van der Waals surface area contributed by atoms with E-state index in [4.69, 9.17) is 22.1 Å². The molecule has 2 aliphatic rings. The fraction of sp³-hybridized carbons (Fsp3) is 0.733. The topological polar surface area (TPSA) is 73.1 Å². The van der Waals surface area contributed by atoms with Crippen molar-refractivity contribution in [1.29, 1.82) is 0 Å². The minimum atomic E-state index is 0.203. The van der Waals surface area contributed by atoms with Crippen LogP contribution in [0.4, 0.5) is 11.8 Å². The van der Waals surface area contributed by atoms with Crippen molar-refractivity contribution in [3.8, 4) is 0 Å². The molecule has 0 bridgehead atoms. The molecule has 0 aromatic carbocycles. The Morgan fingerprint density at radius 1 is 1.10 bits per heavy atom. The molecule has 116 valence electrons. The van der Waals surface area contributed by atoms with E-state index in [1.54, 1.807) is 6.07 Å². The van der Waals surface area contributed by atoms with E-state index < -0.39 is 0 Å². The number of aromatic nitrogens is 2. The lowest BCUT2D eigenvalue weighted by molar-refractivity contribution is -0.0322. The summed E-state index contributed by atoms with van der Waals surface area (Å²) >= 11 is 5.94. The van der Waals surface area contributed by atoms with Crippen LogP contribution in [-0.4, -0.2) is 28.2 Å². The molecule has 0 amide bonds. The third kappa shape index (κ3) is 3.98. The van der Waals surface area contributed by atoms with Crippen LogP contribution in [0.3, 0.4) is 0 Å². The first-order valence-corrected chi connectivity index (χ1v) is 8.30. The zero-order valence-electron chi connectivity index (χ0n) is 12.2. The predicted molar refractivity (Wildman–Crippen MR) is 84.5 cm³/mol. The number of ether oxygens (including phenoxy) is 1. The zero-order valence-corrected chi connectivity index (χ0v) is 13.0. The summed E-state index contributed by atoms with van der Waals surface area (Å²) in [5.41, 5.74) is 5.65. The van der Waals surface area contributed by atoms with E-state index in [0.29, 0.717) is 17.1 Å². The Balaban J connectivity index is 1.65. The first kappa shape index (κ1) is 14.9. The van der Waals surface area contributed by atoms with Gasteiger partial charge in [0.1, 0.15) is 11.0 Å². The largest absolute Gasteiger partial charge is 0.373 e. The molecule has 2 saturated carbocycles. The van der Waals surface area contributed by atoms with Crippen LogP contribution in [0, 0.1) is 0 Å². The lowest BCUT2D eigenvalue weighted by atomic mass is 9.92. The molecule has 2 fully saturated rings. The summed E-state index contributed by atoms with van der Waals surface area (Å²) in [5, 5.41) is 3.82. The van der Waals surface area contributed by atoms with E-state index in [9.17, 15) is 0 Å². The van der Waals surface area contributed by atoms with Crippen molar-refractivity contribution >= 4 is 23.4 Å². The van der Waals surface area contributed by atoms with E-state index in [1.165, 1.54) is 38.5 Å². The molecule has 0 radical (unpaired) electrons. The SMILES string of the molecule is Nc1nc(Cl)cc(N[C@H]2CCCC[C@H]2OC2CCCC2)n1. The van der Waals surface area contributed by atoms with Crippen LogP contribution in [0.5, 0.6) is 0 Å². The summed E-state index contributed by atoms with van der Waals surface area (Å²) in [6.45, 7) is 0. The predicted octanol–water partition coefficient (Wildman–Crippen LogP) is 3.39. The fourth-order valence-corrected chi connectivity index (χ4v) is 3.59. The molecule has 0 aliphatic heterocycles. The van der Waals surface area contributed by atoms with Gasteiger partial charge in [0.25, 0.3) is 0 Å².